The summed E-state index contributed by atoms with van der Waals surface area (Å²) in [5.41, 5.74) is 0.993. The second-order valence-electron chi connectivity index (χ2n) is 9.52. The predicted molar refractivity (Wildman–Crippen MR) is 139 cm³/mol. The Morgan fingerprint density at radius 3 is 2.56 bits per heavy atom. The minimum atomic E-state index is -1.03. The summed E-state index contributed by atoms with van der Waals surface area (Å²) in [4.78, 5) is 28.4. The van der Waals surface area contributed by atoms with E-state index in [1.807, 2.05) is 17.0 Å². The molecule has 176 valence electrons. The standard InChI is InChI=1S/C25H34B2N6O/c1-3-19(2)31-14-9-21(10-15-31)32-16-11-25(26,27)33(18-17-32)23-6-4-5-22(30-23)24(34)29-20-7-12-28-13-8-20/h4-8,12-13,19,21H,3,9-11,14-18H2,1-2H3,(H,28,29,34)/t19-/m1/s1. The zero-order valence-corrected chi connectivity index (χ0v) is 20.4. The normalized spacial score (nSPS) is 21.1. The molecule has 0 aliphatic carbocycles. The van der Waals surface area contributed by atoms with Gasteiger partial charge in [-0.15, -0.1) is 0 Å². The van der Waals surface area contributed by atoms with E-state index < -0.39 is 5.34 Å². The summed E-state index contributed by atoms with van der Waals surface area (Å²) in [6.07, 6.45) is 7.44. The lowest BCUT2D eigenvalue weighted by Gasteiger charge is -2.40. The fourth-order valence-corrected chi connectivity index (χ4v) is 4.98. The molecule has 0 aromatic carbocycles. The monoisotopic (exact) mass is 456 g/mol. The summed E-state index contributed by atoms with van der Waals surface area (Å²) in [5, 5.41) is 1.82. The van der Waals surface area contributed by atoms with Crippen LogP contribution in [0.15, 0.2) is 42.7 Å². The molecule has 2 aliphatic heterocycles. The summed E-state index contributed by atoms with van der Waals surface area (Å²) >= 11 is 0. The maximum absolute atomic E-state index is 12.7. The third kappa shape index (κ3) is 5.81. The minimum absolute atomic E-state index is 0.280. The minimum Gasteiger partial charge on any atom is -0.367 e. The molecule has 7 nitrogen and oxygen atoms in total. The Kier molecular flexibility index (Phi) is 7.94. The van der Waals surface area contributed by atoms with Gasteiger partial charge in [0.15, 0.2) is 0 Å². The van der Waals surface area contributed by atoms with Crippen LogP contribution in [0.3, 0.4) is 0 Å². The van der Waals surface area contributed by atoms with Gasteiger partial charge in [0.2, 0.25) is 0 Å². The van der Waals surface area contributed by atoms with Crippen LogP contribution in [0.5, 0.6) is 0 Å². The Hall–Kier alpha value is -2.38. The highest BCUT2D eigenvalue weighted by atomic mass is 16.1. The van der Waals surface area contributed by atoms with Crippen molar-refractivity contribution in [2.24, 2.45) is 0 Å². The average molecular weight is 456 g/mol. The summed E-state index contributed by atoms with van der Waals surface area (Å²) in [6.45, 7) is 9.27. The summed E-state index contributed by atoms with van der Waals surface area (Å²) in [6, 6.07) is 10.1. The zero-order valence-electron chi connectivity index (χ0n) is 20.4. The van der Waals surface area contributed by atoms with Gasteiger partial charge in [-0.25, -0.2) is 4.98 Å². The Morgan fingerprint density at radius 1 is 1.12 bits per heavy atom. The number of anilines is 2. The summed E-state index contributed by atoms with van der Waals surface area (Å²) < 4.78 is 0. The van der Waals surface area contributed by atoms with E-state index in [4.69, 9.17) is 15.7 Å². The molecule has 2 aliphatic rings. The Labute approximate surface area is 206 Å². The number of rotatable bonds is 6. The van der Waals surface area contributed by atoms with Gasteiger partial charge in [-0.1, -0.05) is 13.0 Å². The lowest BCUT2D eigenvalue weighted by atomic mass is 9.59. The van der Waals surface area contributed by atoms with Crippen molar-refractivity contribution in [1.82, 2.24) is 19.8 Å². The van der Waals surface area contributed by atoms with Gasteiger partial charge in [-0.2, -0.15) is 0 Å². The lowest BCUT2D eigenvalue weighted by Crippen LogP contribution is -2.51. The van der Waals surface area contributed by atoms with E-state index in [0.717, 1.165) is 26.2 Å². The first-order valence-corrected chi connectivity index (χ1v) is 12.4. The van der Waals surface area contributed by atoms with E-state index in [1.54, 1.807) is 30.6 Å². The zero-order chi connectivity index (χ0) is 24.1. The van der Waals surface area contributed by atoms with E-state index in [9.17, 15) is 4.79 Å². The van der Waals surface area contributed by atoms with Crippen molar-refractivity contribution >= 4 is 33.1 Å². The van der Waals surface area contributed by atoms with Crippen LogP contribution >= 0.6 is 0 Å². The highest BCUT2D eigenvalue weighted by Crippen LogP contribution is 2.27. The van der Waals surface area contributed by atoms with E-state index in [0.29, 0.717) is 42.2 Å². The third-order valence-corrected chi connectivity index (χ3v) is 7.32. The van der Waals surface area contributed by atoms with Crippen molar-refractivity contribution in [2.45, 2.75) is 57.0 Å². The second kappa shape index (κ2) is 10.9. The topological polar surface area (TPSA) is 64.6 Å². The highest BCUT2D eigenvalue weighted by molar-refractivity contribution is 6.41. The van der Waals surface area contributed by atoms with Crippen LogP contribution in [0.4, 0.5) is 11.5 Å². The van der Waals surface area contributed by atoms with Gasteiger partial charge >= 0.3 is 0 Å². The first kappa shape index (κ1) is 24.7. The van der Waals surface area contributed by atoms with E-state index in [2.05, 4.69) is 38.9 Å². The molecule has 4 rings (SSSR count). The van der Waals surface area contributed by atoms with E-state index in [-0.39, 0.29) is 5.91 Å². The molecule has 34 heavy (non-hydrogen) atoms. The largest absolute Gasteiger partial charge is 0.367 e. The number of hydrogen-bond acceptors (Lipinski definition) is 6. The smallest absolute Gasteiger partial charge is 0.274 e. The SMILES string of the molecule is [B]C1([B])CCN(C2CCN([C@H](C)CC)CC2)CCN1c1cccc(C(=O)Nc2ccncc2)n1. The number of carbonyl (C=O) groups excluding carboxylic acids is 1. The molecule has 0 bridgehead atoms. The fraction of sp³-hybridized carbons (Fsp3) is 0.560. The van der Waals surface area contributed by atoms with Gasteiger partial charge in [0, 0.05) is 43.3 Å². The molecule has 4 radical (unpaired) electrons. The Bertz CT molecular complexity index is 951. The summed E-state index contributed by atoms with van der Waals surface area (Å²) in [7, 11) is 13.2. The second-order valence-corrected chi connectivity index (χ2v) is 9.52. The van der Waals surface area contributed by atoms with Gasteiger partial charge < -0.3 is 15.1 Å². The molecular formula is C25H34B2N6O. The molecule has 9 heteroatoms. The number of nitrogens with zero attached hydrogens (tertiary/aromatic N) is 5. The molecule has 2 saturated heterocycles. The number of carbonyl (C=O) groups is 1. The Balaban J connectivity index is 1.42. The predicted octanol–water partition coefficient (Wildman–Crippen LogP) is 2.49. The fourth-order valence-electron chi connectivity index (χ4n) is 4.98. The van der Waals surface area contributed by atoms with Gasteiger partial charge in [0.05, 0.1) is 15.7 Å². The molecule has 1 N–H and O–H groups in total. The molecule has 2 aromatic rings. The van der Waals surface area contributed by atoms with Crippen molar-refractivity contribution in [2.75, 3.05) is 42.9 Å². The van der Waals surface area contributed by atoms with Crippen molar-refractivity contribution in [3.63, 3.8) is 0 Å². The van der Waals surface area contributed by atoms with E-state index in [1.165, 1.54) is 19.3 Å². The van der Waals surface area contributed by atoms with Gasteiger partial charge in [0.1, 0.15) is 11.5 Å². The lowest BCUT2D eigenvalue weighted by molar-refractivity contribution is 0.0903. The molecular weight excluding hydrogens is 422 g/mol. The quantitative estimate of drug-likeness (QED) is 0.675. The van der Waals surface area contributed by atoms with Crippen LogP contribution in [0.25, 0.3) is 0 Å². The maximum Gasteiger partial charge on any atom is 0.274 e. The van der Waals surface area contributed by atoms with Crippen LogP contribution in [0.1, 0.15) is 50.0 Å². The molecule has 0 unspecified atom stereocenters. The Morgan fingerprint density at radius 2 is 1.85 bits per heavy atom. The molecule has 2 fully saturated rings. The van der Waals surface area contributed by atoms with Crippen LogP contribution in [0, 0.1) is 0 Å². The number of likely N-dealkylation sites (tertiary alicyclic amines) is 1. The number of amides is 1. The van der Waals surface area contributed by atoms with Gasteiger partial charge in [0.25, 0.3) is 5.91 Å². The summed E-state index contributed by atoms with van der Waals surface area (Å²) in [5.74, 6) is 0.345. The highest BCUT2D eigenvalue weighted by Gasteiger charge is 2.34. The third-order valence-electron chi connectivity index (χ3n) is 7.32. The van der Waals surface area contributed by atoms with Crippen LogP contribution in [0.2, 0.25) is 0 Å². The number of nitrogens with one attached hydrogen (secondary N) is 1. The molecule has 4 heterocycles. The van der Waals surface area contributed by atoms with Crippen molar-refractivity contribution in [3.05, 3.63) is 48.4 Å². The van der Waals surface area contributed by atoms with Gasteiger partial charge in [-0.3, -0.25) is 14.7 Å². The van der Waals surface area contributed by atoms with Crippen molar-refractivity contribution < 1.29 is 4.79 Å². The van der Waals surface area contributed by atoms with Crippen LogP contribution < -0.4 is 10.2 Å². The van der Waals surface area contributed by atoms with Crippen LogP contribution in [-0.4, -0.2) is 91.5 Å². The van der Waals surface area contributed by atoms with Crippen LogP contribution in [-0.2, 0) is 0 Å². The molecule has 2 aromatic heterocycles. The average Bonchev–Trinajstić information content (AvgIpc) is 3.02. The number of hydrogen-bond donors (Lipinski definition) is 1. The number of aromatic nitrogens is 2. The first-order valence-electron chi connectivity index (χ1n) is 12.4. The number of piperidine rings is 1. The van der Waals surface area contributed by atoms with E-state index >= 15 is 0 Å². The number of pyridine rings is 2. The van der Waals surface area contributed by atoms with Gasteiger partial charge in [-0.05, 0) is 81.8 Å². The van der Waals surface area contributed by atoms with Crippen molar-refractivity contribution in [1.29, 1.82) is 0 Å². The molecule has 1 amide bonds. The molecule has 0 saturated carbocycles. The van der Waals surface area contributed by atoms with Crippen molar-refractivity contribution in [3.8, 4) is 0 Å². The molecule has 1 atom stereocenters. The molecule has 0 spiro atoms. The first-order chi connectivity index (χ1) is 16.4. The maximum atomic E-state index is 12.7.